The first kappa shape index (κ1) is 16.7. The molecule has 0 aliphatic heterocycles. The van der Waals surface area contributed by atoms with Crippen molar-refractivity contribution >= 4 is 0 Å². The molecule has 124 valence electrons. The average molecular weight is 557 g/mol. The molecule has 0 heterocycles. The van der Waals surface area contributed by atoms with Crippen molar-refractivity contribution in [2.45, 2.75) is 12.8 Å². The van der Waals surface area contributed by atoms with Gasteiger partial charge in [0, 0.05) is 5.56 Å². The van der Waals surface area contributed by atoms with Crippen molar-refractivity contribution in [3.05, 3.63) is 89.5 Å². The van der Waals surface area contributed by atoms with Crippen molar-refractivity contribution in [3.8, 4) is 16.9 Å². The first-order chi connectivity index (χ1) is 11.1. The van der Waals surface area contributed by atoms with E-state index in [-0.39, 0.29) is 5.56 Å². The zero-order chi connectivity index (χ0) is 16.2. The minimum Gasteiger partial charge on any atom is -0.505 e. The Labute approximate surface area is 133 Å². The van der Waals surface area contributed by atoms with Crippen molar-refractivity contribution in [2.24, 2.45) is 0 Å². The second kappa shape index (κ2) is 7.05. The van der Waals surface area contributed by atoms with Crippen LogP contribution in [0.2, 0.25) is 0 Å². The van der Waals surface area contributed by atoms with E-state index in [1.165, 1.54) is 11.6 Å². The molecule has 0 saturated heterocycles. The zero-order valence-electron chi connectivity index (χ0n) is 12.8. The third-order valence-electron chi connectivity index (χ3n) is 3.87. The second-order valence-corrected chi connectivity index (χ2v) is 5.44. The first-order valence-corrected chi connectivity index (χ1v) is 7.45. The molecule has 4 heteroatoms. The van der Waals surface area contributed by atoms with Crippen LogP contribution in [0.15, 0.2) is 66.7 Å². The fraction of sp³-hybridized carbons (Fsp3) is 0.100. The van der Waals surface area contributed by atoms with E-state index >= 15 is 0 Å². The number of rotatable bonds is 4. The van der Waals surface area contributed by atoms with Gasteiger partial charge in [0.15, 0.2) is 11.6 Å². The first-order valence-electron chi connectivity index (χ1n) is 7.45. The molecule has 0 spiro atoms. The van der Waals surface area contributed by atoms with E-state index in [2.05, 4.69) is 12.1 Å². The summed E-state index contributed by atoms with van der Waals surface area (Å²) in [5.41, 5.74) is 3.14. The van der Waals surface area contributed by atoms with Crippen LogP contribution in [0.25, 0.3) is 11.1 Å². The number of aromatic hydroxyl groups is 1. The van der Waals surface area contributed by atoms with Crippen LogP contribution in [0, 0.1) is 11.6 Å². The summed E-state index contributed by atoms with van der Waals surface area (Å²) in [7, 11) is 0. The number of phenolic OH excluding ortho intramolecular Hbond substituents is 1. The van der Waals surface area contributed by atoms with E-state index in [0.717, 1.165) is 24.5 Å². The number of phenols is 1. The Hall–Kier alpha value is -3.68. The molecule has 0 radical (unpaired) electrons. The Morgan fingerprint density at radius 3 is 1.88 bits per heavy atom. The van der Waals surface area contributed by atoms with Crippen LogP contribution >= 0.6 is 0 Å². The van der Waals surface area contributed by atoms with Gasteiger partial charge in [-0.05, 0) is 41.7 Å². The molecule has 1 N–H and O–H groups in total. The van der Waals surface area contributed by atoms with Gasteiger partial charge in [-0.15, -0.1) is 0 Å². The summed E-state index contributed by atoms with van der Waals surface area (Å²) in [6, 6.07) is 20.1. The average Bonchev–Trinajstić information content (AvgIpc) is 2.60. The molecule has 24 heavy (non-hydrogen) atoms. The van der Waals surface area contributed by atoms with Crippen LogP contribution < -0.4 is 0 Å². The van der Waals surface area contributed by atoms with Gasteiger partial charge in [0.2, 0.25) is 5.82 Å². The quantitative estimate of drug-likeness (QED) is 0.473. The molecule has 0 bridgehead atoms. The third-order valence-corrected chi connectivity index (χ3v) is 3.87. The van der Waals surface area contributed by atoms with Crippen LogP contribution in [-0.2, 0) is 12.8 Å². The van der Waals surface area contributed by atoms with Crippen LogP contribution in [0.4, 0.5) is 8.78 Å². The van der Waals surface area contributed by atoms with Crippen LogP contribution in [0.3, 0.4) is 0 Å². The van der Waals surface area contributed by atoms with Crippen molar-refractivity contribution < 1.29 is 13.9 Å². The van der Waals surface area contributed by atoms with Crippen molar-refractivity contribution in [3.63, 3.8) is 0 Å². The fourth-order valence-corrected chi connectivity index (χ4v) is 2.55. The van der Waals surface area contributed by atoms with E-state index < -0.39 is 17.4 Å². The monoisotopic (exact) mass is 553 g/mol. The molecule has 0 aliphatic carbocycles. The molecule has 0 unspecified atom stereocenters. The van der Waals surface area contributed by atoms with Gasteiger partial charge in [-0.2, -0.15) is 4.39 Å². The summed E-state index contributed by atoms with van der Waals surface area (Å²) >= 11 is 0. The Kier molecular flexibility index (Phi) is 4.90. The van der Waals surface area contributed by atoms with Crippen molar-refractivity contribution in [1.82, 2.24) is 0 Å². The van der Waals surface area contributed by atoms with E-state index in [0.29, 0.717) is 5.56 Å². The summed E-state index contributed by atoms with van der Waals surface area (Å²) < 4.78 is 27.3. The molecule has 0 aromatic heterocycles. The third kappa shape index (κ3) is 3.38. The zero-order valence-corrected chi connectivity index (χ0v) is 15.8. The molecule has 0 atom stereocenters. The Bertz CT molecular complexity index is 802. The SMILES string of the molecule is Oc1ccc(-c2ccc(CCc3ccccc3)cc2)c(F)c1F.[Cm]. The van der Waals surface area contributed by atoms with E-state index in [1.807, 2.05) is 30.3 Å². The second-order valence-electron chi connectivity index (χ2n) is 5.44. The summed E-state index contributed by atoms with van der Waals surface area (Å²) in [6.07, 6.45) is 1.82. The number of hydrogen-bond donors (Lipinski definition) is 1. The van der Waals surface area contributed by atoms with Crippen molar-refractivity contribution in [1.29, 1.82) is 0 Å². The van der Waals surface area contributed by atoms with Gasteiger partial charge < -0.3 is 5.11 Å². The largest absolute Gasteiger partial charge is 0.505 e. The maximum absolute atomic E-state index is 13.9. The maximum Gasteiger partial charge on any atom is 0.200 e. The number of benzene rings is 3. The van der Waals surface area contributed by atoms with Crippen LogP contribution in [0.1, 0.15) is 11.1 Å². The molecule has 1 nitrogen and oxygen atoms in total. The minimum atomic E-state index is -1.21. The topological polar surface area (TPSA) is 20.2 Å². The van der Waals surface area contributed by atoms with E-state index in [4.69, 9.17) is 0 Å². The molecule has 3 rings (SSSR count). The molecule has 0 fully saturated rings. The van der Waals surface area contributed by atoms with Crippen LogP contribution in [-0.4, -0.2) is 5.11 Å². The Balaban J connectivity index is 0.00000208. The van der Waals surface area contributed by atoms with Gasteiger partial charge in [0.1, 0.15) is 0 Å². The molecule has 3 aromatic carbocycles. The normalized spacial score (nSPS) is 10.2. The Morgan fingerprint density at radius 1 is 0.667 bits per heavy atom. The van der Waals surface area contributed by atoms with Gasteiger partial charge in [0.25, 0.3) is 0 Å². The van der Waals surface area contributed by atoms with Gasteiger partial charge in [-0.1, -0.05) is 54.6 Å². The standard InChI is InChI=1S/C20H16F2O.Cm/c21-19-17(12-13-18(23)20(19)22)16-10-8-15(9-11-16)7-6-14-4-2-1-3-5-14;/h1-5,8-13,23H,6-7H2;. The molecule has 0 aliphatic rings. The fourth-order valence-electron chi connectivity index (χ4n) is 2.55. The Morgan fingerprint density at radius 2 is 1.25 bits per heavy atom. The number of hydrogen-bond acceptors (Lipinski definition) is 1. The minimum absolute atomic E-state index is 0. The van der Waals surface area contributed by atoms with Crippen molar-refractivity contribution in [2.75, 3.05) is 0 Å². The number of aryl methyl sites for hydroxylation is 2. The van der Waals surface area contributed by atoms with E-state index in [1.54, 1.807) is 12.1 Å². The summed E-state index contributed by atoms with van der Waals surface area (Å²) in [5, 5.41) is 9.18. The molecular formula is C20H16CmF2O. The maximum atomic E-state index is 13.9. The van der Waals surface area contributed by atoms with Gasteiger partial charge in [0.05, 0.1) is 0 Å². The van der Waals surface area contributed by atoms with Gasteiger partial charge in [-0.3, -0.25) is 0 Å². The smallest absolute Gasteiger partial charge is 0.200 e. The van der Waals surface area contributed by atoms with E-state index in [9.17, 15) is 13.9 Å². The molecular weight excluding hydrogens is 541 g/mol. The van der Waals surface area contributed by atoms with Crippen LogP contribution in [0.5, 0.6) is 5.75 Å². The molecule has 0 saturated carbocycles. The number of halogens is 2. The summed E-state index contributed by atoms with van der Waals surface area (Å²) in [6.45, 7) is 0. The summed E-state index contributed by atoms with van der Waals surface area (Å²) in [5.74, 6) is -2.91. The predicted octanol–water partition coefficient (Wildman–Crippen LogP) is 5.12. The summed E-state index contributed by atoms with van der Waals surface area (Å²) in [4.78, 5) is 0. The molecule has 0 amide bonds. The van der Waals surface area contributed by atoms with Gasteiger partial charge >= 0.3 is 0 Å². The van der Waals surface area contributed by atoms with Gasteiger partial charge in [-0.25, -0.2) is 4.39 Å². The predicted molar refractivity (Wildman–Crippen MR) is 87.3 cm³/mol. The molecule has 3 aromatic rings.